The van der Waals surface area contributed by atoms with Gasteiger partial charge >= 0.3 is 54.6 Å². The van der Waals surface area contributed by atoms with E-state index < -0.39 is 23.9 Å². The van der Waals surface area contributed by atoms with Gasteiger partial charge in [0.05, 0.1) is 46.7 Å². The van der Waals surface area contributed by atoms with Crippen LogP contribution in [0.3, 0.4) is 0 Å². The number of carbonyl (C=O) groups is 4. The second kappa shape index (κ2) is 28.7. The Bertz CT molecular complexity index is 2310. The molecule has 0 radical (unpaired) electrons. The zero-order valence-electron chi connectivity index (χ0n) is 34.1. The van der Waals surface area contributed by atoms with Crippen LogP contribution in [0.25, 0.3) is 45.0 Å². The van der Waals surface area contributed by atoms with Gasteiger partial charge in [-0.3, -0.25) is 19.9 Å². The normalized spacial score (nSPS) is 9.25. The minimum Gasteiger partial charge on any atom is -0.545 e. The van der Waals surface area contributed by atoms with E-state index in [9.17, 15) is 39.6 Å². The summed E-state index contributed by atoms with van der Waals surface area (Å²) in [5.41, 5.74) is 4.67. The topological polar surface area (TPSA) is 278 Å². The summed E-state index contributed by atoms with van der Waals surface area (Å²) in [4.78, 5) is 60.8. The van der Waals surface area contributed by atoms with Crippen molar-refractivity contribution in [2.45, 2.75) is 0 Å². The van der Waals surface area contributed by atoms with Crippen LogP contribution in [0.5, 0.6) is 0 Å². The third-order valence-electron chi connectivity index (χ3n) is 8.35. The summed E-state index contributed by atoms with van der Waals surface area (Å²) in [6.45, 7) is 0. The Morgan fingerprint density at radius 1 is 0.281 bits per heavy atom. The van der Waals surface area contributed by atoms with Gasteiger partial charge in [0.25, 0.3) is 0 Å². The van der Waals surface area contributed by atoms with Crippen molar-refractivity contribution < 1.29 is 105 Å². The smallest absolute Gasteiger partial charge is 0.545 e. The number of carboxylic acid groups (broad SMARTS) is 4. The molecular weight excluding hydrogens is 1020 g/mol. The maximum absolute atomic E-state index is 11.0. The average Bonchev–Trinajstić information content (AvgIpc) is 3.31. The van der Waals surface area contributed by atoms with Gasteiger partial charge in [0.15, 0.2) is 0 Å². The number of nitrogens with zero attached hydrogens (tertiary/aromatic N) is 4. The van der Waals surface area contributed by atoms with E-state index in [2.05, 4.69) is 19.9 Å². The first-order valence-corrected chi connectivity index (χ1v) is 18.0. The van der Waals surface area contributed by atoms with Crippen LogP contribution >= 0.6 is 0 Å². The number of carboxylic acids is 4. The fraction of sp³-hybridized carbons (Fsp3) is 0. The monoisotopic (exact) mass is 1060 g/mol. The molecule has 0 amide bonds. The van der Waals surface area contributed by atoms with Gasteiger partial charge < -0.3 is 50.6 Å². The largest absolute Gasteiger partial charge is 2.00 e. The van der Waals surface area contributed by atoms with Crippen molar-refractivity contribution in [3.63, 3.8) is 0 Å². The number of aromatic nitrogens is 4. The van der Waals surface area contributed by atoms with Crippen molar-refractivity contribution in [1.82, 2.24) is 19.9 Å². The fourth-order valence-electron chi connectivity index (χ4n) is 5.64. The number of carbonyl (C=O) groups excluding carboxylic acids is 4. The first-order valence-electron chi connectivity index (χ1n) is 18.0. The Morgan fingerprint density at radius 2 is 0.453 bits per heavy atom. The number of aromatic carboxylic acids is 4. The first-order chi connectivity index (χ1) is 29.2. The molecule has 0 saturated carbocycles. The summed E-state index contributed by atoms with van der Waals surface area (Å²) < 4.78 is 0. The van der Waals surface area contributed by atoms with Crippen molar-refractivity contribution >= 4 is 23.9 Å². The molecular formula is C48H38Cd2N4O10+2. The maximum atomic E-state index is 11.0. The summed E-state index contributed by atoms with van der Waals surface area (Å²) in [7, 11) is 0. The molecule has 4 aromatic heterocycles. The quantitative estimate of drug-likeness (QED) is 0.157. The Kier molecular flexibility index (Phi) is 24.7. The molecule has 8 rings (SSSR count). The molecule has 0 aliphatic carbocycles. The van der Waals surface area contributed by atoms with E-state index in [1.807, 2.05) is 72.8 Å². The minimum atomic E-state index is -1.35. The number of hydrogen-bond donors (Lipinski definition) is 0. The van der Waals surface area contributed by atoms with Gasteiger partial charge in [0, 0.05) is 47.0 Å². The summed E-state index contributed by atoms with van der Waals surface area (Å²) in [5, 5.41) is 44.0. The van der Waals surface area contributed by atoms with E-state index in [-0.39, 0.29) is 87.8 Å². The van der Waals surface area contributed by atoms with Gasteiger partial charge in [-0.1, -0.05) is 121 Å². The average molecular weight is 1060 g/mol. The van der Waals surface area contributed by atoms with Crippen molar-refractivity contribution in [2.75, 3.05) is 0 Å². The van der Waals surface area contributed by atoms with Gasteiger partial charge in [-0.15, -0.1) is 0 Å². The fourth-order valence-corrected chi connectivity index (χ4v) is 5.64. The molecule has 0 bridgehead atoms. The van der Waals surface area contributed by atoms with E-state index in [4.69, 9.17) is 0 Å². The molecule has 14 nitrogen and oxygen atoms in total. The Hall–Kier alpha value is -6.88. The van der Waals surface area contributed by atoms with E-state index in [1.54, 1.807) is 73.3 Å². The van der Waals surface area contributed by atoms with Crippen LogP contribution in [-0.4, -0.2) is 43.8 Å². The third-order valence-corrected chi connectivity index (χ3v) is 8.35. The van der Waals surface area contributed by atoms with Crippen LogP contribution in [0.1, 0.15) is 41.4 Å². The number of benzene rings is 4. The molecule has 0 aliphatic heterocycles. The third kappa shape index (κ3) is 15.8. The summed E-state index contributed by atoms with van der Waals surface area (Å²) >= 11 is 0. The van der Waals surface area contributed by atoms with Crippen molar-refractivity contribution in [2.24, 2.45) is 0 Å². The van der Waals surface area contributed by atoms with Crippen LogP contribution in [-0.2, 0) is 65.5 Å². The molecule has 6 N–H and O–H groups in total. The second-order valence-corrected chi connectivity index (χ2v) is 12.2. The Balaban J connectivity index is 0.000000424. The van der Waals surface area contributed by atoms with Crippen molar-refractivity contribution in [3.05, 3.63) is 217 Å². The molecule has 64 heavy (non-hydrogen) atoms. The molecule has 312 valence electrons. The Labute approximate surface area is 408 Å². The van der Waals surface area contributed by atoms with Gasteiger partial charge in [-0.25, -0.2) is 0 Å². The second-order valence-electron chi connectivity index (χ2n) is 12.2. The SMILES string of the molecule is O=C([O-])c1ccccc1-c1ccccc1C(=O)[O-].O=C([O-])c1ccccc1-c1ccccc1C(=O)[O-].[Cd+2].[Cd+2].[OH3+].[OH3+].c1ccc(-c2ccccn2)nc1.c1ccc(-c2ccccn2)nc1. The Morgan fingerprint density at radius 3 is 0.609 bits per heavy atom. The molecule has 0 fully saturated rings. The van der Waals surface area contributed by atoms with Gasteiger partial charge in [-0.2, -0.15) is 0 Å². The molecule has 0 spiro atoms. The molecule has 0 atom stereocenters. The first kappa shape index (κ1) is 55.1. The summed E-state index contributed by atoms with van der Waals surface area (Å²) in [5.74, 6) is -5.39. The molecule has 8 aromatic rings. The molecule has 0 saturated heterocycles. The van der Waals surface area contributed by atoms with Gasteiger partial charge in [0.1, 0.15) is 0 Å². The minimum absolute atomic E-state index is 0. The number of hydrogen-bond acceptors (Lipinski definition) is 12. The number of rotatable bonds is 8. The molecule has 0 aliphatic rings. The van der Waals surface area contributed by atoms with Crippen molar-refractivity contribution in [1.29, 1.82) is 0 Å². The standard InChI is InChI=1S/2C14H10O4.2C10H8N2.2Cd.2H2O/c2*15-13(16)11-7-3-1-5-9(11)10-6-2-4-8-12(10)14(17)18;2*1-3-7-11-9(5-1)10-6-2-4-8-12-10;;;;/h2*1-8H,(H,15,16)(H,17,18);2*1-8H;;;2*1H2/q;;;;2*+2;;/p-2. The molecule has 16 heteroatoms. The van der Waals surface area contributed by atoms with Crippen LogP contribution in [0.15, 0.2) is 195 Å². The molecule has 4 aromatic carbocycles. The van der Waals surface area contributed by atoms with Crippen LogP contribution in [0, 0.1) is 0 Å². The molecule has 4 heterocycles. The van der Waals surface area contributed by atoms with Gasteiger partial charge in [-0.05, 0) is 70.8 Å². The predicted molar refractivity (Wildman–Crippen MR) is 226 cm³/mol. The predicted octanol–water partition coefficient (Wildman–Crippen LogP) is 2.60. The zero-order chi connectivity index (χ0) is 42.7. The van der Waals surface area contributed by atoms with Crippen LogP contribution in [0.2, 0.25) is 0 Å². The van der Waals surface area contributed by atoms with E-state index >= 15 is 0 Å². The van der Waals surface area contributed by atoms with Crippen LogP contribution in [0.4, 0.5) is 0 Å². The zero-order valence-corrected chi connectivity index (χ0v) is 42.2. The van der Waals surface area contributed by atoms with E-state index in [1.165, 1.54) is 48.5 Å². The summed E-state index contributed by atoms with van der Waals surface area (Å²) in [6, 6.07) is 47.6. The molecule has 0 unspecified atom stereocenters. The van der Waals surface area contributed by atoms with Crippen LogP contribution < -0.4 is 20.4 Å². The van der Waals surface area contributed by atoms with E-state index in [0.717, 1.165) is 22.8 Å². The number of pyridine rings is 4. The van der Waals surface area contributed by atoms with Crippen molar-refractivity contribution in [3.8, 4) is 45.0 Å². The van der Waals surface area contributed by atoms with Gasteiger partial charge in [0.2, 0.25) is 0 Å². The maximum Gasteiger partial charge on any atom is 2.00 e. The van der Waals surface area contributed by atoms with E-state index in [0.29, 0.717) is 22.3 Å². The summed E-state index contributed by atoms with van der Waals surface area (Å²) in [6.07, 6.45) is 7.07.